The average molecular weight is 213 g/mol. The lowest BCUT2D eigenvalue weighted by atomic mass is 9.71. The maximum Gasteiger partial charge on any atom is 0.312 e. The van der Waals surface area contributed by atoms with E-state index in [9.17, 15) is 4.79 Å². The number of carbonyl (C=O) groups is 1. The van der Waals surface area contributed by atoms with E-state index in [1.54, 1.807) is 0 Å². The maximum absolute atomic E-state index is 12.0. The van der Waals surface area contributed by atoms with Gasteiger partial charge in [0.1, 0.15) is 0 Å². The van der Waals surface area contributed by atoms with Crippen LogP contribution < -0.4 is 5.32 Å². The van der Waals surface area contributed by atoms with Crippen molar-refractivity contribution >= 4 is 5.97 Å². The van der Waals surface area contributed by atoms with E-state index in [2.05, 4.69) is 19.2 Å². The lowest BCUT2D eigenvalue weighted by Gasteiger charge is -2.37. The van der Waals surface area contributed by atoms with Crippen molar-refractivity contribution in [1.82, 2.24) is 5.32 Å². The van der Waals surface area contributed by atoms with Crippen LogP contribution in [0, 0.1) is 11.3 Å². The Balaban J connectivity index is 2.68. The van der Waals surface area contributed by atoms with E-state index in [1.165, 1.54) is 0 Å². The zero-order valence-electron chi connectivity index (χ0n) is 10.1. The van der Waals surface area contributed by atoms with Gasteiger partial charge in [-0.1, -0.05) is 6.92 Å². The molecule has 1 rings (SSSR count). The third-order valence-electron chi connectivity index (χ3n) is 3.72. The molecule has 1 atom stereocenters. The summed E-state index contributed by atoms with van der Waals surface area (Å²) >= 11 is 0. The minimum absolute atomic E-state index is 0.0144. The molecule has 0 radical (unpaired) electrons. The van der Waals surface area contributed by atoms with Crippen molar-refractivity contribution in [1.29, 1.82) is 0 Å². The lowest BCUT2D eigenvalue weighted by molar-refractivity contribution is -0.159. The van der Waals surface area contributed by atoms with Crippen molar-refractivity contribution < 1.29 is 9.53 Å². The van der Waals surface area contributed by atoms with E-state index in [1.807, 2.05) is 6.92 Å². The van der Waals surface area contributed by atoms with Crippen LogP contribution in [0.5, 0.6) is 0 Å². The number of hydrogen-bond acceptors (Lipinski definition) is 3. The first kappa shape index (κ1) is 12.5. The molecule has 1 aliphatic heterocycles. The molecule has 0 aliphatic carbocycles. The summed E-state index contributed by atoms with van der Waals surface area (Å²) in [6.45, 7) is 8.55. The topological polar surface area (TPSA) is 38.3 Å². The molecule has 3 nitrogen and oxygen atoms in total. The van der Waals surface area contributed by atoms with Gasteiger partial charge >= 0.3 is 5.97 Å². The van der Waals surface area contributed by atoms with Crippen molar-refractivity contribution in [2.75, 3.05) is 19.7 Å². The third kappa shape index (κ3) is 2.71. The molecule has 1 heterocycles. The number of nitrogens with one attached hydrogen (secondary N) is 1. The third-order valence-corrected chi connectivity index (χ3v) is 3.72. The fourth-order valence-electron chi connectivity index (χ4n) is 2.35. The van der Waals surface area contributed by atoms with Gasteiger partial charge in [-0.05, 0) is 52.1 Å². The molecule has 15 heavy (non-hydrogen) atoms. The van der Waals surface area contributed by atoms with Crippen LogP contribution in [0.4, 0.5) is 0 Å². The van der Waals surface area contributed by atoms with Crippen LogP contribution in [0.1, 0.15) is 40.0 Å². The summed E-state index contributed by atoms with van der Waals surface area (Å²) in [6.07, 6.45) is 3.04. The largest absolute Gasteiger partial charge is 0.466 e. The van der Waals surface area contributed by atoms with Crippen LogP contribution in [0.25, 0.3) is 0 Å². The second kappa shape index (κ2) is 5.50. The van der Waals surface area contributed by atoms with Gasteiger partial charge in [-0.15, -0.1) is 0 Å². The highest BCUT2D eigenvalue weighted by molar-refractivity contribution is 5.76. The minimum Gasteiger partial charge on any atom is -0.466 e. The zero-order valence-corrected chi connectivity index (χ0v) is 10.1. The molecule has 0 spiro atoms. The summed E-state index contributed by atoms with van der Waals surface area (Å²) < 4.78 is 5.19. The van der Waals surface area contributed by atoms with Gasteiger partial charge in [0.05, 0.1) is 12.0 Å². The van der Waals surface area contributed by atoms with Crippen LogP contribution in [-0.2, 0) is 9.53 Å². The van der Waals surface area contributed by atoms with E-state index in [4.69, 9.17) is 4.74 Å². The Hall–Kier alpha value is -0.570. The molecular formula is C12H23NO2. The standard InChI is InChI=1S/C12H23NO2/c1-4-12(3,11(14)15-5-2)10-6-8-13-9-7-10/h10,13H,4-9H2,1-3H3. The van der Waals surface area contributed by atoms with Crippen LogP contribution in [-0.4, -0.2) is 25.7 Å². The molecule has 0 aromatic rings. The van der Waals surface area contributed by atoms with Crippen LogP contribution in [0.15, 0.2) is 0 Å². The number of ether oxygens (including phenoxy) is 1. The normalized spacial score (nSPS) is 22.1. The van der Waals surface area contributed by atoms with E-state index in [-0.39, 0.29) is 11.4 Å². The molecule has 0 aromatic carbocycles. The molecule has 0 saturated carbocycles. The van der Waals surface area contributed by atoms with Gasteiger partial charge in [0, 0.05) is 0 Å². The lowest BCUT2D eigenvalue weighted by Crippen LogP contribution is -2.42. The zero-order chi connectivity index (χ0) is 11.3. The minimum atomic E-state index is -0.280. The van der Waals surface area contributed by atoms with Gasteiger partial charge in [-0.3, -0.25) is 4.79 Å². The predicted molar refractivity (Wildman–Crippen MR) is 60.6 cm³/mol. The molecule has 3 heteroatoms. The van der Waals surface area contributed by atoms with Crippen molar-refractivity contribution in [2.24, 2.45) is 11.3 Å². The molecule has 0 aromatic heterocycles. The Labute approximate surface area is 92.6 Å². The Kier molecular flexibility index (Phi) is 4.58. The van der Waals surface area contributed by atoms with Gasteiger partial charge in [0.2, 0.25) is 0 Å². The molecule has 1 fully saturated rings. The monoisotopic (exact) mass is 213 g/mol. The number of hydrogen-bond donors (Lipinski definition) is 1. The van der Waals surface area contributed by atoms with Gasteiger partial charge in [0.25, 0.3) is 0 Å². The van der Waals surface area contributed by atoms with Crippen LogP contribution in [0.3, 0.4) is 0 Å². The smallest absolute Gasteiger partial charge is 0.312 e. The summed E-state index contributed by atoms with van der Waals surface area (Å²) in [4.78, 5) is 12.0. The highest BCUT2D eigenvalue weighted by atomic mass is 16.5. The number of carbonyl (C=O) groups excluding carboxylic acids is 1. The quantitative estimate of drug-likeness (QED) is 0.726. The summed E-state index contributed by atoms with van der Waals surface area (Å²) in [5, 5.41) is 3.33. The summed E-state index contributed by atoms with van der Waals surface area (Å²) in [7, 11) is 0. The van der Waals surface area contributed by atoms with Gasteiger partial charge in [-0.2, -0.15) is 0 Å². The second-order valence-corrected chi connectivity index (χ2v) is 4.52. The Morgan fingerprint density at radius 2 is 2.00 bits per heavy atom. The summed E-state index contributed by atoms with van der Waals surface area (Å²) in [5.41, 5.74) is -0.280. The Bertz CT molecular complexity index is 212. The summed E-state index contributed by atoms with van der Waals surface area (Å²) in [5.74, 6) is 0.460. The Morgan fingerprint density at radius 3 is 2.47 bits per heavy atom. The number of piperidine rings is 1. The van der Waals surface area contributed by atoms with Crippen molar-refractivity contribution in [3.05, 3.63) is 0 Å². The molecule has 1 N–H and O–H groups in total. The van der Waals surface area contributed by atoms with Crippen molar-refractivity contribution in [3.8, 4) is 0 Å². The molecule has 1 saturated heterocycles. The van der Waals surface area contributed by atoms with Crippen LogP contribution in [0.2, 0.25) is 0 Å². The highest BCUT2D eigenvalue weighted by Gasteiger charge is 2.41. The number of esters is 1. The first-order valence-electron chi connectivity index (χ1n) is 6.03. The first-order chi connectivity index (χ1) is 7.15. The number of rotatable bonds is 4. The Morgan fingerprint density at radius 1 is 1.40 bits per heavy atom. The maximum atomic E-state index is 12.0. The SMILES string of the molecule is CCOC(=O)C(C)(CC)C1CCNCC1. The predicted octanol–water partition coefficient (Wildman–Crippen LogP) is 1.97. The second-order valence-electron chi connectivity index (χ2n) is 4.52. The molecular weight excluding hydrogens is 190 g/mol. The fraction of sp³-hybridized carbons (Fsp3) is 0.917. The molecule has 88 valence electrons. The van der Waals surface area contributed by atoms with Crippen LogP contribution >= 0.6 is 0 Å². The van der Waals surface area contributed by atoms with Crippen molar-refractivity contribution in [2.45, 2.75) is 40.0 Å². The highest BCUT2D eigenvalue weighted by Crippen LogP contribution is 2.37. The molecule has 1 unspecified atom stereocenters. The van der Waals surface area contributed by atoms with Crippen molar-refractivity contribution in [3.63, 3.8) is 0 Å². The first-order valence-corrected chi connectivity index (χ1v) is 6.03. The van der Waals surface area contributed by atoms with E-state index >= 15 is 0 Å². The molecule has 0 bridgehead atoms. The average Bonchev–Trinajstić information content (AvgIpc) is 2.29. The van der Waals surface area contributed by atoms with E-state index < -0.39 is 0 Å². The van der Waals surface area contributed by atoms with Gasteiger partial charge in [0.15, 0.2) is 0 Å². The van der Waals surface area contributed by atoms with E-state index in [0.717, 1.165) is 32.4 Å². The molecule has 1 aliphatic rings. The summed E-state index contributed by atoms with van der Waals surface area (Å²) in [6, 6.07) is 0. The van der Waals surface area contributed by atoms with E-state index in [0.29, 0.717) is 12.5 Å². The fourth-order valence-corrected chi connectivity index (χ4v) is 2.35. The van der Waals surface area contributed by atoms with Gasteiger partial charge < -0.3 is 10.1 Å². The van der Waals surface area contributed by atoms with Gasteiger partial charge in [-0.25, -0.2) is 0 Å². The molecule has 0 amide bonds.